The first-order chi connectivity index (χ1) is 10.3. The van der Waals surface area contributed by atoms with E-state index in [1.54, 1.807) is 6.07 Å². The Bertz CT molecular complexity index is 843. The van der Waals surface area contributed by atoms with Gasteiger partial charge in [-0.3, -0.25) is 4.57 Å². The predicted molar refractivity (Wildman–Crippen MR) is 84.7 cm³/mol. The van der Waals surface area contributed by atoms with Crippen LogP contribution in [0.25, 0.3) is 16.7 Å². The topological polar surface area (TPSA) is 41.6 Å². The molecular formula is C17H14ClN3. The molecule has 4 heteroatoms. The molecule has 3 rings (SSSR count). The zero-order chi connectivity index (χ0) is 14.8. The summed E-state index contributed by atoms with van der Waals surface area (Å²) in [6.45, 7) is 2.13. The highest BCUT2D eigenvalue weighted by molar-refractivity contribution is 6.17. The third kappa shape index (κ3) is 2.28. The SMILES string of the molecule is CCc1cccc(-n2c(CCl)nc3c(C#N)cccc32)c1. The van der Waals surface area contributed by atoms with Gasteiger partial charge in [0.1, 0.15) is 17.4 Å². The fourth-order valence-corrected chi connectivity index (χ4v) is 2.71. The zero-order valence-corrected chi connectivity index (χ0v) is 12.4. The molecule has 0 saturated heterocycles. The van der Waals surface area contributed by atoms with Crippen LogP contribution in [-0.2, 0) is 12.3 Å². The van der Waals surface area contributed by atoms with E-state index in [2.05, 4.69) is 30.1 Å². The Morgan fingerprint density at radius 3 is 2.76 bits per heavy atom. The summed E-state index contributed by atoms with van der Waals surface area (Å²) in [5, 5.41) is 9.23. The second-order valence-electron chi connectivity index (χ2n) is 4.81. The lowest BCUT2D eigenvalue weighted by Gasteiger charge is -2.09. The molecule has 0 bridgehead atoms. The molecular weight excluding hydrogens is 282 g/mol. The van der Waals surface area contributed by atoms with Crippen LogP contribution in [0.1, 0.15) is 23.9 Å². The van der Waals surface area contributed by atoms with Crippen molar-refractivity contribution in [3.05, 3.63) is 59.4 Å². The molecule has 1 aromatic heterocycles. The number of fused-ring (bicyclic) bond motifs is 1. The Labute approximate surface area is 128 Å². The third-order valence-electron chi connectivity index (χ3n) is 3.57. The van der Waals surface area contributed by atoms with E-state index in [1.165, 1.54) is 5.56 Å². The quantitative estimate of drug-likeness (QED) is 0.680. The molecule has 0 atom stereocenters. The summed E-state index contributed by atoms with van der Waals surface area (Å²) in [6.07, 6.45) is 0.972. The van der Waals surface area contributed by atoms with Gasteiger partial charge in [-0.15, -0.1) is 11.6 Å². The van der Waals surface area contributed by atoms with Gasteiger partial charge < -0.3 is 0 Å². The number of halogens is 1. The van der Waals surface area contributed by atoms with Gasteiger partial charge in [0, 0.05) is 5.69 Å². The van der Waals surface area contributed by atoms with E-state index >= 15 is 0 Å². The van der Waals surface area contributed by atoms with Crippen molar-refractivity contribution in [2.45, 2.75) is 19.2 Å². The molecule has 0 radical (unpaired) electrons. The van der Waals surface area contributed by atoms with Gasteiger partial charge in [0.15, 0.2) is 0 Å². The van der Waals surface area contributed by atoms with Crippen molar-refractivity contribution in [1.29, 1.82) is 5.26 Å². The van der Waals surface area contributed by atoms with E-state index < -0.39 is 0 Å². The zero-order valence-electron chi connectivity index (χ0n) is 11.7. The minimum absolute atomic E-state index is 0.301. The second-order valence-corrected chi connectivity index (χ2v) is 5.07. The van der Waals surface area contributed by atoms with Crippen molar-refractivity contribution in [2.75, 3.05) is 0 Å². The number of para-hydroxylation sites is 1. The number of benzene rings is 2. The Kier molecular flexibility index (Phi) is 3.64. The van der Waals surface area contributed by atoms with Gasteiger partial charge in [-0.05, 0) is 36.2 Å². The van der Waals surface area contributed by atoms with Gasteiger partial charge in [0.05, 0.1) is 17.0 Å². The van der Waals surface area contributed by atoms with Crippen molar-refractivity contribution < 1.29 is 0 Å². The summed E-state index contributed by atoms with van der Waals surface area (Å²) >= 11 is 6.06. The van der Waals surface area contributed by atoms with Crippen LogP contribution in [0.4, 0.5) is 0 Å². The molecule has 2 aromatic carbocycles. The van der Waals surface area contributed by atoms with Crippen molar-refractivity contribution in [2.24, 2.45) is 0 Å². The third-order valence-corrected chi connectivity index (χ3v) is 3.81. The first-order valence-electron chi connectivity index (χ1n) is 6.84. The molecule has 0 N–H and O–H groups in total. The van der Waals surface area contributed by atoms with Gasteiger partial charge in [-0.25, -0.2) is 4.98 Å². The molecule has 0 unspecified atom stereocenters. The molecule has 0 amide bonds. The number of alkyl halides is 1. The van der Waals surface area contributed by atoms with E-state index in [0.717, 1.165) is 23.4 Å². The van der Waals surface area contributed by atoms with Crippen molar-refractivity contribution >= 4 is 22.6 Å². The Morgan fingerprint density at radius 1 is 1.24 bits per heavy atom. The number of hydrogen-bond donors (Lipinski definition) is 0. The number of hydrogen-bond acceptors (Lipinski definition) is 2. The second kappa shape index (κ2) is 5.59. The summed E-state index contributed by atoms with van der Waals surface area (Å²) < 4.78 is 2.03. The van der Waals surface area contributed by atoms with E-state index in [4.69, 9.17) is 11.6 Å². The number of imidazole rings is 1. The van der Waals surface area contributed by atoms with Crippen LogP contribution < -0.4 is 0 Å². The number of rotatable bonds is 3. The van der Waals surface area contributed by atoms with E-state index in [1.807, 2.05) is 28.8 Å². The highest BCUT2D eigenvalue weighted by atomic mass is 35.5. The number of aromatic nitrogens is 2. The fourth-order valence-electron chi connectivity index (χ4n) is 2.53. The van der Waals surface area contributed by atoms with Gasteiger partial charge in [0.2, 0.25) is 0 Å². The maximum absolute atomic E-state index is 9.23. The van der Waals surface area contributed by atoms with E-state index in [9.17, 15) is 5.26 Å². The maximum atomic E-state index is 9.23. The predicted octanol–water partition coefficient (Wildman–Crippen LogP) is 4.20. The highest BCUT2D eigenvalue weighted by Gasteiger charge is 2.14. The maximum Gasteiger partial charge on any atom is 0.129 e. The van der Waals surface area contributed by atoms with Crippen molar-refractivity contribution in [3.63, 3.8) is 0 Å². The minimum Gasteiger partial charge on any atom is -0.295 e. The summed E-state index contributed by atoms with van der Waals surface area (Å²) in [5.41, 5.74) is 4.48. The Balaban J connectivity index is 2.33. The lowest BCUT2D eigenvalue weighted by atomic mass is 10.1. The molecule has 21 heavy (non-hydrogen) atoms. The summed E-state index contributed by atoms with van der Waals surface area (Å²) in [5.74, 6) is 1.05. The highest BCUT2D eigenvalue weighted by Crippen LogP contribution is 2.25. The fraction of sp³-hybridized carbons (Fsp3) is 0.176. The molecule has 3 aromatic rings. The molecule has 0 aliphatic heterocycles. The molecule has 0 spiro atoms. The largest absolute Gasteiger partial charge is 0.295 e. The number of aryl methyl sites for hydroxylation is 1. The molecule has 0 saturated carbocycles. The normalized spacial score (nSPS) is 10.7. The monoisotopic (exact) mass is 295 g/mol. The summed E-state index contributed by atoms with van der Waals surface area (Å²) in [4.78, 5) is 4.54. The molecule has 0 fully saturated rings. The van der Waals surface area contributed by atoms with Crippen LogP contribution >= 0.6 is 11.6 Å². The number of nitrogens with zero attached hydrogens (tertiary/aromatic N) is 3. The van der Waals surface area contributed by atoms with Gasteiger partial charge in [-0.1, -0.05) is 25.1 Å². The molecule has 104 valence electrons. The van der Waals surface area contributed by atoms with Gasteiger partial charge in [-0.2, -0.15) is 5.26 Å². The van der Waals surface area contributed by atoms with Crippen LogP contribution in [-0.4, -0.2) is 9.55 Å². The summed E-state index contributed by atoms with van der Waals surface area (Å²) in [6, 6.07) is 16.1. The Morgan fingerprint density at radius 2 is 2.05 bits per heavy atom. The van der Waals surface area contributed by atoms with Gasteiger partial charge >= 0.3 is 0 Å². The van der Waals surface area contributed by atoms with Crippen LogP contribution in [0.15, 0.2) is 42.5 Å². The average molecular weight is 296 g/mol. The first-order valence-corrected chi connectivity index (χ1v) is 7.37. The van der Waals surface area contributed by atoms with Crippen LogP contribution in [0.2, 0.25) is 0 Å². The van der Waals surface area contributed by atoms with Crippen LogP contribution in [0.3, 0.4) is 0 Å². The van der Waals surface area contributed by atoms with Gasteiger partial charge in [0.25, 0.3) is 0 Å². The first kappa shape index (κ1) is 13.7. The smallest absolute Gasteiger partial charge is 0.129 e. The molecule has 0 aliphatic carbocycles. The lowest BCUT2D eigenvalue weighted by molar-refractivity contribution is 0.975. The van der Waals surface area contributed by atoms with Crippen LogP contribution in [0, 0.1) is 11.3 Å². The van der Waals surface area contributed by atoms with E-state index in [-0.39, 0.29) is 0 Å². The standard InChI is InChI=1S/C17H14ClN3/c1-2-12-5-3-7-14(9-12)21-15-8-4-6-13(11-19)17(15)20-16(21)10-18/h3-9H,2,10H2,1H3. The number of nitriles is 1. The minimum atomic E-state index is 0.301. The molecule has 0 aliphatic rings. The van der Waals surface area contributed by atoms with Crippen molar-refractivity contribution in [3.8, 4) is 11.8 Å². The summed E-state index contributed by atoms with van der Waals surface area (Å²) in [7, 11) is 0. The molecule has 3 nitrogen and oxygen atoms in total. The van der Waals surface area contributed by atoms with E-state index in [0.29, 0.717) is 17.0 Å². The molecule has 1 heterocycles. The average Bonchev–Trinajstić information content (AvgIpc) is 2.93. The lowest BCUT2D eigenvalue weighted by Crippen LogP contribution is -1.99. The van der Waals surface area contributed by atoms with Crippen molar-refractivity contribution in [1.82, 2.24) is 9.55 Å². The Hall–Kier alpha value is -2.31. The van der Waals surface area contributed by atoms with Crippen LogP contribution in [0.5, 0.6) is 0 Å².